The summed E-state index contributed by atoms with van der Waals surface area (Å²) in [6.45, 7) is -0.438. The highest BCUT2D eigenvalue weighted by Gasteiger charge is 2.30. The van der Waals surface area contributed by atoms with E-state index >= 15 is 0 Å². The zero-order valence-corrected chi connectivity index (χ0v) is 18.5. The molecule has 10 heteroatoms. The fourth-order valence-electron chi connectivity index (χ4n) is 3.78. The summed E-state index contributed by atoms with van der Waals surface area (Å²) >= 11 is 0. The van der Waals surface area contributed by atoms with Crippen LogP contribution in [0, 0.1) is 0 Å². The number of carbonyl (C=O) groups excluding carboxylic acids is 2. The highest BCUT2D eigenvalue weighted by atomic mass is 19.4. The number of carbonyl (C=O) groups is 2. The number of aromatic amines is 1. The van der Waals surface area contributed by atoms with Crippen LogP contribution in [0.2, 0.25) is 0 Å². The molecule has 1 aromatic heterocycles. The number of alkyl halides is 3. The minimum Gasteiger partial charge on any atom is -0.484 e. The van der Waals surface area contributed by atoms with Crippen molar-refractivity contribution in [3.05, 3.63) is 87.3 Å². The second-order valence-corrected chi connectivity index (χ2v) is 8.12. The molecule has 0 fully saturated rings. The number of anilines is 2. The van der Waals surface area contributed by atoms with Crippen molar-refractivity contribution in [2.75, 3.05) is 17.2 Å². The standard InChI is InChI=1S/C25H22F3N3O4/c26-25(27,28)17-5-3-6-18(13-17)29-22(32)14-35-19-10-8-15(9-11-19)23(33)31-21-12-16-4-1-2-7-20(16)30-24(21)34/h3,5-6,8-13H,1-2,4,7,14H2,(H,29,32)(H,30,34)(H,31,33). The maximum Gasteiger partial charge on any atom is 0.416 e. The molecule has 0 unspecified atom stereocenters. The number of amides is 2. The molecule has 3 aromatic rings. The van der Waals surface area contributed by atoms with Crippen molar-refractivity contribution in [2.24, 2.45) is 0 Å². The molecule has 4 rings (SSSR count). The molecule has 0 spiro atoms. The van der Waals surface area contributed by atoms with Gasteiger partial charge in [0.05, 0.1) is 5.56 Å². The Labute approximate surface area is 198 Å². The third kappa shape index (κ3) is 6.08. The minimum absolute atomic E-state index is 0.00221. The average Bonchev–Trinajstić information content (AvgIpc) is 2.83. The fraction of sp³-hybridized carbons (Fsp3) is 0.240. The number of rotatable bonds is 6. The Morgan fingerprint density at radius 3 is 2.46 bits per heavy atom. The average molecular weight is 485 g/mol. The molecule has 0 saturated heterocycles. The highest BCUT2D eigenvalue weighted by Crippen LogP contribution is 2.30. The van der Waals surface area contributed by atoms with E-state index in [1.165, 1.54) is 36.4 Å². The van der Waals surface area contributed by atoms with Crippen LogP contribution in [0.3, 0.4) is 0 Å². The van der Waals surface area contributed by atoms with Gasteiger partial charge in [-0.15, -0.1) is 0 Å². The van der Waals surface area contributed by atoms with Crippen LogP contribution in [0.4, 0.5) is 24.5 Å². The summed E-state index contributed by atoms with van der Waals surface area (Å²) in [6.07, 6.45) is -0.791. The number of hydrogen-bond donors (Lipinski definition) is 3. The predicted molar refractivity (Wildman–Crippen MR) is 124 cm³/mol. The normalized spacial score (nSPS) is 13.0. The minimum atomic E-state index is -4.52. The Bertz CT molecular complexity index is 1300. The fourth-order valence-corrected chi connectivity index (χ4v) is 3.78. The number of ether oxygens (including phenoxy) is 1. The van der Waals surface area contributed by atoms with Crippen LogP contribution in [0.5, 0.6) is 5.75 Å². The first-order valence-electron chi connectivity index (χ1n) is 11.0. The van der Waals surface area contributed by atoms with E-state index in [0.717, 1.165) is 49.1 Å². The lowest BCUT2D eigenvalue weighted by Crippen LogP contribution is -2.23. The molecule has 0 saturated carbocycles. The molecule has 0 radical (unpaired) electrons. The van der Waals surface area contributed by atoms with E-state index in [0.29, 0.717) is 0 Å². The topological polar surface area (TPSA) is 100 Å². The number of fused-ring (bicyclic) bond motifs is 1. The van der Waals surface area contributed by atoms with E-state index in [1.54, 1.807) is 6.07 Å². The van der Waals surface area contributed by atoms with Gasteiger partial charge in [0.2, 0.25) is 0 Å². The number of pyridine rings is 1. The number of aromatic nitrogens is 1. The van der Waals surface area contributed by atoms with Gasteiger partial charge in [0, 0.05) is 16.9 Å². The number of halogens is 3. The van der Waals surface area contributed by atoms with Crippen molar-refractivity contribution in [3.8, 4) is 5.75 Å². The lowest BCUT2D eigenvalue weighted by molar-refractivity contribution is -0.137. The summed E-state index contributed by atoms with van der Waals surface area (Å²) in [6, 6.07) is 11.9. The van der Waals surface area contributed by atoms with Gasteiger partial charge in [-0.1, -0.05) is 6.07 Å². The van der Waals surface area contributed by atoms with E-state index in [1.807, 2.05) is 0 Å². The second kappa shape index (κ2) is 10.0. The maximum absolute atomic E-state index is 12.8. The molecule has 1 heterocycles. The summed E-state index contributed by atoms with van der Waals surface area (Å²) in [7, 11) is 0. The lowest BCUT2D eigenvalue weighted by atomic mass is 9.96. The van der Waals surface area contributed by atoms with Crippen molar-refractivity contribution >= 4 is 23.2 Å². The molecule has 1 aliphatic rings. The first-order chi connectivity index (χ1) is 16.7. The van der Waals surface area contributed by atoms with Gasteiger partial charge in [-0.2, -0.15) is 13.2 Å². The van der Waals surface area contributed by atoms with Gasteiger partial charge >= 0.3 is 6.18 Å². The smallest absolute Gasteiger partial charge is 0.416 e. The summed E-state index contributed by atoms with van der Waals surface area (Å²) in [5, 5.41) is 4.97. The van der Waals surface area contributed by atoms with Gasteiger partial charge in [-0.3, -0.25) is 14.4 Å². The van der Waals surface area contributed by atoms with Crippen molar-refractivity contribution in [1.82, 2.24) is 4.98 Å². The van der Waals surface area contributed by atoms with E-state index < -0.39 is 30.2 Å². The summed E-state index contributed by atoms with van der Waals surface area (Å²) in [5.74, 6) is -0.828. The van der Waals surface area contributed by atoms with E-state index in [-0.39, 0.29) is 28.2 Å². The number of benzene rings is 2. The van der Waals surface area contributed by atoms with Gasteiger partial charge in [0.25, 0.3) is 17.4 Å². The van der Waals surface area contributed by atoms with Gasteiger partial charge in [0.1, 0.15) is 11.4 Å². The molecule has 182 valence electrons. The molecular formula is C25H22F3N3O4. The van der Waals surface area contributed by atoms with Crippen molar-refractivity contribution in [3.63, 3.8) is 0 Å². The lowest BCUT2D eigenvalue weighted by Gasteiger charge is -2.16. The monoisotopic (exact) mass is 485 g/mol. The Hall–Kier alpha value is -4.08. The van der Waals surface area contributed by atoms with Gasteiger partial charge < -0.3 is 20.4 Å². The second-order valence-electron chi connectivity index (χ2n) is 8.12. The van der Waals surface area contributed by atoms with Crippen LogP contribution in [0.15, 0.2) is 59.4 Å². The quantitative estimate of drug-likeness (QED) is 0.477. The Kier molecular flexibility index (Phi) is 6.90. The molecule has 0 aliphatic heterocycles. The van der Waals surface area contributed by atoms with Crippen LogP contribution in [-0.4, -0.2) is 23.4 Å². The SMILES string of the molecule is O=C(COc1ccc(C(=O)Nc2cc3c([nH]c2=O)CCCC3)cc1)Nc1cccc(C(F)(F)F)c1. The van der Waals surface area contributed by atoms with Crippen molar-refractivity contribution in [2.45, 2.75) is 31.9 Å². The molecule has 0 atom stereocenters. The molecule has 1 aliphatic carbocycles. The van der Waals surface area contributed by atoms with Crippen LogP contribution >= 0.6 is 0 Å². The zero-order chi connectivity index (χ0) is 25.0. The number of H-pyrrole nitrogens is 1. The summed E-state index contributed by atoms with van der Waals surface area (Å²) < 4.78 is 43.7. The summed E-state index contributed by atoms with van der Waals surface area (Å²) in [5.41, 5.74) is 1.17. The molecule has 2 amide bonds. The molecule has 7 nitrogen and oxygen atoms in total. The number of nitrogens with one attached hydrogen (secondary N) is 3. The highest BCUT2D eigenvalue weighted by molar-refractivity contribution is 6.04. The van der Waals surface area contributed by atoms with Gasteiger partial charge in [-0.05, 0) is 79.8 Å². The Morgan fingerprint density at radius 2 is 1.71 bits per heavy atom. The van der Waals surface area contributed by atoms with E-state index in [2.05, 4.69) is 15.6 Å². The van der Waals surface area contributed by atoms with Crippen molar-refractivity contribution < 1.29 is 27.5 Å². The third-order valence-electron chi connectivity index (χ3n) is 5.55. The van der Waals surface area contributed by atoms with Crippen LogP contribution in [0.1, 0.15) is 40.0 Å². The maximum atomic E-state index is 12.8. The largest absolute Gasteiger partial charge is 0.484 e. The molecule has 3 N–H and O–H groups in total. The molecule has 0 bridgehead atoms. The third-order valence-corrected chi connectivity index (χ3v) is 5.55. The Balaban J connectivity index is 1.32. The first kappa shape index (κ1) is 24.1. The first-order valence-corrected chi connectivity index (χ1v) is 11.0. The van der Waals surface area contributed by atoms with E-state index in [9.17, 15) is 27.6 Å². The van der Waals surface area contributed by atoms with Gasteiger partial charge in [-0.25, -0.2) is 0 Å². The molecule has 35 heavy (non-hydrogen) atoms. The van der Waals surface area contributed by atoms with Crippen molar-refractivity contribution in [1.29, 1.82) is 0 Å². The molecular weight excluding hydrogens is 463 g/mol. The summed E-state index contributed by atoms with van der Waals surface area (Å²) in [4.78, 5) is 39.7. The number of hydrogen-bond acceptors (Lipinski definition) is 4. The van der Waals surface area contributed by atoms with Crippen LogP contribution in [-0.2, 0) is 23.8 Å². The zero-order valence-electron chi connectivity index (χ0n) is 18.5. The van der Waals surface area contributed by atoms with Gasteiger partial charge in [0.15, 0.2) is 6.61 Å². The number of aryl methyl sites for hydroxylation is 2. The van der Waals surface area contributed by atoms with E-state index in [4.69, 9.17) is 4.74 Å². The Morgan fingerprint density at radius 1 is 0.971 bits per heavy atom. The van der Waals surface area contributed by atoms with Crippen LogP contribution in [0.25, 0.3) is 0 Å². The van der Waals surface area contributed by atoms with Crippen LogP contribution < -0.4 is 20.9 Å². The molecule has 2 aromatic carbocycles. The predicted octanol–water partition coefficient (Wildman–Crippen LogP) is 4.54.